The van der Waals surface area contributed by atoms with Crippen LogP contribution in [0.15, 0.2) is 29.3 Å². The first-order chi connectivity index (χ1) is 12.0. The number of nitrogens with one attached hydrogen (secondary N) is 2. The molecule has 142 valence electrons. The van der Waals surface area contributed by atoms with Gasteiger partial charge in [-0.25, -0.2) is 4.39 Å². The molecule has 0 bridgehead atoms. The minimum absolute atomic E-state index is 0.197. The van der Waals surface area contributed by atoms with E-state index in [1.54, 1.807) is 7.05 Å². The van der Waals surface area contributed by atoms with Crippen molar-refractivity contribution in [2.24, 2.45) is 10.9 Å². The number of halogens is 1. The summed E-state index contributed by atoms with van der Waals surface area (Å²) in [6.45, 7) is 9.17. The quantitative estimate of drug-likeness (QED) is 0.365. The predicted molar refractivity (Wildman–Crippen MR) is 102 cm³/mol. The number of aliphatic imine (C=N–C) groups is 1. The Morgan fingerprint density at radius 2 is 1.88 bits per heavy atom. The van der Waals surface area contributed by atoms with Crippen LogP contribution in [0.2, 0.25) is 0 Å². The summed E-state index contributed by atoms with van der Waals surface area (Å²) in [6.07, 6.45) is 0.956. The molecule has 0 unspecified atom stereocenters. The van der Waals surface area contributed by atoms with Crippen LogP contribution in [0.4, 0.5) is 4.39 Å². The molecule has 0 amide bonds. The van der Waals surface area contributed by atoms with E-state index in [-0.39, 0.29) is 5.82 Å². The maximum Gasteiger partial charge on any atom is 0.191 e. The number of hydrogen-bond acceptors (Lipinski definition) is 3. The number of likely N-dealkylation sites (N-methyl/N-ethyl adjacent to an activating group) is 1. The highest BCUT2D eigenvalue weighted by Crippen LogP contribution is 2.04. The van der Waals surface area contributed by atoms with Gasteiger partial charge in [0.05, 0.1) is 0 Å². The van der Waals surface area contributed by atoms with Crippen LogP contribution in [-0.4, -0.2) is 57.8 Å². The lowest BCUT2D eigenvalue weighted by atomic mass is 10.2. The van der Waals surface area contributed by atoms with Crippen molar-refractivity contribution in [3.8, 4) is 0 Å². The van der Waals surface area contributed by atoms with Gasteiger partial charge in [-0.1, -0.05) is 26.0 Å². The van der Waals surface area contributed by atoms with Gasteiger partial charge in [-0.15, -0.1) is 0 Å². The van der Waals surface area contributed by atoms with E-state index < -0.39 is 0 Å². The number of hydrogen-bond donors (Lipinski definition) is 2. The first-order valence-corrected chi connectivity index (χ1v) is 8.96. The van der Waals surface area contributed by atoms with E-state index in [2.05, 4.69) is 34.4 Å². The minimum atomic E-state index is -0.197. The van der Waals surface area contributed by atoms with Gasteiger partial charge >= 0.3 is 0 Å². The first-order valence-electron chi connectivity index (χ1n) is 8.96. The molecule has 0 atom stereocenters. The Morgan fingerprint density at radius 3 is 2.52 bits per heavy atom. The summed E-state index contributed by atoms with van der Waals surface area (Å²) in [5, 5.41) is 6.59. The Hall–Kier alpha value is -1.66. The van der Waals surface area contributed by atoms with Gasteiger partial charge in [-0.3, -0.25) is 4.99 Å². The third-order valence-corrected chi connectivity index (χ3v) is 3.58. The number of nitrogens with zero attached hydrogens (tertiary/aromatic N) is 2. The van der Waals surface area contributed by atoms with E-state index in [0.717, 1.165) is 57.3 Å². The molecule has 2 N–H and O–H groups in total. The number of benzene rings is 1. The normalized spacial score (nSPS) is 12.0. The zero-order valence-electron chi connectivity index (χ0n) is 16.0. The molecule has 1 rings (SSSR count). The van der Waals surface area contributed by atoms with E-state index in [1.165, 1.54) is 12.1 Å². The molecule has 0 aliphatic carbocycles. The van der Waals surface area contributed by atoms with Crippen LogP contribution in [0.3, 0.4) is 0 Å². The second-order valence-corrected chi connectivity index (χ2v) is 6.61. The average Bonchev–Trinajstić information content (AvgIpc) is 2.58. The molecule has 0 aliphatic heterocycles. The molecule has 1 aromatic rings. The molecule has 0 saturated carbocycles. The maximum absolute atomic E-state index is 12.9. The lowest BCUT2D eigenvalue weighted by molar-refractivity contribution is 0.108. The third kappa shape index (κ3) is 10.7. The van der Waals surface area contributed by atoms with Crippen molar-refractivity contribution in [2.75, 3.05) is 46.9 Å². The SMILES string of the molecule is CN=C(NCCCOCC(C)C)NCCN(C)Cc1ccc(F)cc1. The van der Waals surface area contributed by atoms with Crippen molar-refractivity contribution in [2.45, 2.75) is 26.8 Å². The Bertz CT molecular complexity index is 491. The standard InChI is InChI=1S/C19H33FN4O/c1-16(2)15-25-13-5-10-22-19(21-3)23-11-12-24(4)14-17-6-8-18(20)9-7-17/h6-9,16H,5,10-15H2,1-4H3,(H2,21,22,23). The van der Waals surface area contributed by atoms with Crippen LogP contribution < -0.4 is 10.6 Å². The average molecular weight is 352 g/mol. The van der Waals surface area contributed by atoms with E-state index in [9.17, 15) is 4.39 Å². The Balaban J connectivity index is 2.12. The molecule has 6 heteroatoms. The molecule has 5 nitrogen and oxygen atoms in total. The second kappa shape index (κ2) is 12.7. The highest BCUT2D eigenvalue weighted by Gasteiger charge is 2.02. The lowest BCUT2D eigenvalue weighted by Crippen LogP contribution is -2.41. The summed E-state index contributed by atoms with van der Waals surface area (Å²) in [7, 11) is 3.82. The molecule has 0 saturated heterocycles. The van der Waals surface area contributed by atoms with Gasteiger partial charge in [0.25, 0.3) is 0 Å². The number of rotatable bonds is 11. The van der Waals surface area contributed by atoms with Crippen molar-refractivity contribution < 1.29 is 9.13 Å². The summed E-state index contributed by atoms with van der Waals surface area (Å²) in [6, 6.07) is 6.64. The zero-order valence-corrected chi connectivity index (χ0v) is 16.0. The highest BCUT2D eigenvalue weighted by molar-refractivity contribution is 5.79. The molecule has 0 aliphatic rings. The van der Waals surface area contributed by atoms with Crippen molar-refractivity contribution in [3.05, 3.63) is 35.6 Å². The van der Waals surface area contributed by atoms with Crippen molar-refractivity contribution in [1.29, 1.82) is 0 Å². The predicted octanol–water partition coefficient (Wildman–Crippen LogP) is 2.49. The molecule has 0 heterocycles. The molecule has 0 aromatic heterocycles. The van der Waals surface area contributed by atoms with Gasteiger partial charge < -0.3 is 20.3 Å². The van der Waals surface area contributed by atoms with Gasteiger partial charge in [0, 0.05) is 46.4 Å². The smallest absolute Gasteiger partial charge is 0.191 e. The lowest BCUT2D eigenvalue weighted by Gasteiger charge is -2.18. The molecule has 0 spiro atoms. The molecule has 25 heavy (non-hydrogen) atoms. The van der Waals surface area contributed by atoms with Crippen molar-refractivity contribution >= 4 is 5.96 Å². The molecule has 0 fully saturated rings. The summed E-state index contributed by atoms with van der Waals surface area (Å²) in [5.74, 6) is 1.19. The highest BCUT2D eigenvalue weighted by atomic mass is 19.1. The van der Waals surface area contributed by atoms with Gasteiger partial charge in [-0.05, 0) is 37.1 Å². The minimum Gasteiger partial charge on any atom is -0.381 e. The van der Waals surface area contributed by atoms with Crippen LogP contribution in [-0.2, 0) is 11.3 Å². The van der Waals surface area contributed by atoms with Crippen LogP contribution in [0.25, 0.3) is 0 Å². The van der Waals surface area contributed by atoms with Crippen LogP contribution in [0.1, 0.15) is 25.8 Å². The fraction of sp³-hybridized carbons (Fsp3) is 0.632. The second-order valence-electron chi connectivity index (χ2n) is 6.61. The zero-order chi connectivity index (χ0) is 18.5. The molecule has 0 radical (unpaired) electrons. The van der Waals surface area contributed by atoms with Gasteiger partial charge in [0.1, 0.15) is 5.82 Å². The monoisotopic (exact) mass is 352 g/mol. The van der Waals surface area contributed by atoms with Crippen LogP contribution in [0.5, 0.6) is 0 Å². The van der Waals surface area contributed by atoms with Crippen LogP contribution >= 0.6 is 0 Å². The maximum atomic E-state index is 12.9. The van der Waals surface area contributed by atoms with Crippen LogP contribution in [0, 0.1) is 11.7 Å². The number of guanidine groups is 1. The van der Waals surface area contributed by atoms with Gasteiger partial charge in [0.15, 0.2) is 5.96 Å². The third-order valence-electron chi connectivity index (χ3n) is 3.58. The van der Waals surface area contributed by atoms with E-state index in [4.69, 9.17) is 4.74 Å². The van der Waals surface area contributed by atoms with E-state index in [1.807, 2.05) is 19.2 Å². The fourth-order valence-electron chi connectivity index (χ4n) is 2.27. The largest absolute Gasteiger partial charge is 0.381 e. The Morgan fingerprint density at radius 1 is 1.20 bits per heavy atom. The Kier molecular flexibility index (Phi) is 10.8. The van der Waals surface area contributed by atoms with Crippen molar-refractivity contribution in [1.82, 2.24) is 15.5 Å². The topological polar surface area (TPSA) is 48.9 Å². The summed E-state index contributed by atoms with van der Waals surface area (Å²) in [5.41, 5.74) is 1.10. The summed E-state index contributed by atoms with van der Waals surface area (Å²) in [4.78, 5) is 6.41. The molecular formula is C19H33FN4O. The first kappa shape index (κ1) is 21.4. The Labute approximate surface area is 151 Å². The van der Waals surface area contributed by atoms with E-state index in [0.29, 0.717) is 5.92 Å². The van der Waals surface area contributed by atoms with E-state index >= 15 is 0 Å². The molecular weight excluding hydrogens is 319 g/mol. The van der Waals surface area contributed by atoms with Gasteiger partial charge in [0.2, 0.25) is 0 Å². The fourth-order valence-corrected chi connectivity index (χ4v) is 2.27. The summed E-state index contributed by atoms with van der Waals surface area (Å²) >= 11 is 0. The van der Waals surface area contributed by atoms with Gasteiger partial charge in [-0.2, -0.15) is 0 Å². The van der Waals surface area contributed by atoms with Crippen molar-refractivity contribution in [3.63, 3.8) is 0 Å². The summed E-state index contributed by atoms with van der Waals surface area (Å²) < 4.78 is 18.5. The molecule has 1 aromatic carbocycles. The number of ether oxygens (including phenoxy) is 1.